The van der Waals surface area contributed by atoms with Gasteiger partial charge >= 0.3 is 0 Å². The van der Waals surface area contributed by atoms with Gasteiger partial charge in [-0.05, 0) is 46.9 Å². The summed E-state index contributed by atoms with van der Waals surface area (Å²) >= 11 is 2.10. The smallest absolute Gasteiger partial charge is 0.238 e. The van der Waals surface area contributed by atoms with Crippen LogP contribution in [-0.4, -0.2) is 24.9 Å². The number of hydrogen-bond acceptors (Lipinski definition) is 6. The average molecular weight is 429 g/mol. The van der Waals surface area contributed by atoms with E-state index in [4.69, 9.17) is 11.6 Å². The number of anilines is 3. The van der Waals surface area contributed by atoms with Gasteiger partial charge in [0.05, 0.1) is 15.0 Å². The van der Waals surface area contributed by atoms with Crippen LogP contribution in [0.4, 0.5) is 17.5 Å². The number of halogens is 1. The van der Waals surface area contributed by atoms with Crippen molar-refractivity contribution in [3.05, 3.63) is 34.0 Å². The number of benzene rings is 1. The summed E-state index contributed by atoms with van der Waals surface area (Å²) in [7, 11) is -3.70. The van der Waals surface area contributed by atoms with E-state index in [1.54, 1.807) is 18.3 Å². The number of hydrogen-bond donors (Lipinski definition) is 3. The topological polar surface area (TPSA) is 110 Å². The third kappa shape index (κ3) is 4.30. The van der Waals surface area contributed by atoms with Crippen LogP contribution in [0.5, 0.6) is 0 Å². The van der Waals surface area contributed by atoms with Crippen LogP contribution in [-0.2, 0) is 10.0 Å². The molecule has 0 saturated heterocycles. The maximum absolute atomic E-state index is 11.2. The molecule has 0 radical (unpaired) electrons. The Kier molecular flexibility index (Phi) is 5.17. The molecule has 9 heteroatoms. The minimum atomic E-state index is -3.70. The fourth-order valence-corrected chi connectivity index (χ4v) is 2.51. The zero-order valence-corrected chi connectivity index (χ0v) is 14.2. The second kappa shape index (κ2) is 6.91. The summed E-state index contributed by atoms with van der Waals surface area (Å²) in [5.74, 6) is 3.46. The van der Waals surface area contributed by atoms with E-state index in [1.807, 2.05) is 0 Å². The van der Waals surface area contributed by atoms with E-state index < -0.39 is 10.0 Å². The van der Waals surface area contributed by atoms with Crippen LogP contribution in [0.2, 0.25) is 0 Å². The highest BCUT2D eigenvalue weighted by Crippen LogP contribution is 2.19. The molecule has 1 heterocycles. The van der Waals surface area contributed by atoms with E-state index in [9.17, 15) is 8.42 Å². The quantitative estimate of drug-likeness (QED) is 0.491. The molecule has 22 heavy (non-hydrogen) atoms. The number of nitrogens with two attached hydrogens (primary N) is 1. The van der Waals surface area contributed by atoms with Gasteiger partial charge in [0.1, 0.15) is 5.82 Å². The molecule has 0 unspecified atom stereocenters. The van der Waals surface area contributed by atoms with Gasteiger partial charge in [-0.3, -0.25) is 0 Å². The predicted octanol–water partition coefficient (Wildman–Crippen LogP) is 1.52. The summed E-state index contributed by atoms with van der Waals surface area (Å²) in [6, 6.07) is 5.97. The van der Waals surface area contributed by atoms with Crippen molar-refractivity contribution in [3.63, 3.8) is 0 Å². The van der Waals surface area contributed by atoms with Gasteiger partial charge < -0.3 is 10.6 Å². The zero-order valence-electron chi connectivity index (χ0n) is 11.2. The maximum Gasteiger partial charge on any atom is 0.238 e. The van der Waals surface area contributed by atoms with Crippen LogP contribution < -0.4 is 15.8 Å². The van der Waals surface area contributed by atoms with Crippen LogP contribution in [0.15, 0.2) is 35.4 Å². The first-order valence-electron chi connectivity index (χ1n) is 6.00. The second-order valence-electron chi connectivity index (χ2n) is 4.14. The van der Waals surface area contributed by atoms with E-state index >= 15 is 0 Å². The van der Waals surface area contributed by atoms with Gasteiger partial charge in [0.15, 0.2) is 0 Å². The lowest BCUT2D eigenvalue weighted by atomic mass is 10.3. The normalized spacial score (nSPS) is 10.8. The van der Waals surface area contributed by atoms with E-state index in [2.05, 4.69) is 49.1 Å². The Morgan fingerprint density at radius 1 is 1.32 bits per heavy atom. The van der Waals surface area contributed by atoms with Crippen LogP contribution >= 0.6 is 22.6 Å². The maximum atomic E-state index is 11.2. The number of rotatable bonds is 5. The highest BCUT2D eigenvalue weighted by Gasteiger charge is 2.08. The summed E-state index contributed by atoms with van der Waals surface area (Å²) < 4.78 is 23.2. The monoisotopic (exact) mass is 429 g/mol. The number of aromatic nitrogens is 2. The predicted molar refractivity (Wildman–Crippen MR) is 93.2 cm³/mol. The minimum absolute atomic E-state index is 0.0398. The van der Waals surface area contributed by atoms with Gasteiger partial charge in [0.25, 0.3) is 0 Å². The first-order valence-corrected chi connectivity index (χ1v) is 8.62. The van der Waals surface area contributed by atoms with Crippen molar-refractivity contribution in [2.45, 2.75) is 4.90 Å². The van der Waals surface area contributed by atoms with Crippen LogP contribution in [0.25, 0.3) is 0 Å². The van der Waals surface area contributed by atoms with Gasteiger partial charge in [-0.15, -0.1) is 6.42 Å². The molecule has 0 bridgehead atoms. The Hall–Kier alpha value is -1.90. The number of primary sulfonamides is 1. The van der Waals surface area contributed by atoms with Crippen LogP contribution in [0, 0.1) is 15.9 Å². The van der Waals surface area contributed by atoms with E-state index in [0.717, 1.165) is 3.57 Å². The van der Waals surface area contributed by atoms with E-state index in [-0.39, 0.29) is 4.90 Å². The van der Waals surface area contributed by atoms with Crippen molar-refractivity contribution in [2.75, 3.05) is 17.2 Å². The second-order valence-corrected chi connectivity index (χ2v) is 6.87. The summed E-state index contributed by atoms with van der Waals surface area (Å²) in [6.45, 7) is 0.357. The zero-order chi connectivity index (χ0) is 16.2. The first-order chi connectivity index (χ1) is 10.4. The number of nitrogens with one attached hydrogen (secondary N) is 2. The summed E-state index contributed by atoms with van der Waals surface area (Å²) in [5, 5.41) is 11.0. The minimum Gasteiger partial charge on any atom is -0.358 e. The van der Waals surface area contributed by atoms with Crippen LogP contribution in [0.1, 0.15) is 0 Å². The van der Waals surface area contributed by atoms with Gasteiger partial charge in [0.2, 0.25) is 16.0 Å². The Morgan fingerprint density at radius 2 is 2.00 bits per heavy atom. The van der Waals surface area contributed by atoms with Crippen LogP contribution in [0.3, 0.4) is 0 Å². The van der Waals surface area contributed by atoms with Crippen molar-refractivity contribution in [3.8, 4) is 12.3 Å². The summed E-state index contributed by atoms with van der Waals surface area (Å²) in [6.07, 6.45) is 6.85. The lowest BCUT2D eigenvalue weighted by molar-refractivity contribution is 0.598. The fourth-order valence-electron chi connectivity index (χ4n) is 1.54. The molecule has 0 atom stereocenters. The molecule has 1 aromatic heterocycles. The van der Waals surface area contributed by atoms with Crippen molar-refractivity contribution in [1.82, 2.24) is 9.97 Å². The van der Waals surface area contributed by atoms with Crippen molar-refractivity contribution < 1.29 is 8.42 Å². The Bertz CT molecular complexity index is 815. The van der Waals surface area contributed by atoms with E-state index in [0.29, 0.717) is 24.0 Å². The average Bonchev–Trinajstić information content (AvgIpc) is 2.47. The molecule has 0 spiro atoms. The number of sulfonamides is 1. The molecule has 0 aliphatic carbocycles. The molecule has 0 amide bonds. The molecular weight excluding hydrogens is 417 g/mol. The van der Waals surface area contributed by atoms with Crippen molar-refractivity contribution in [2.24, 2.45) is 5.14 Å². The molecule has 2 aromatic rings. The third-order valence-corrected chi connectivity index (χ3v) is 4.26. The Balaban J connectivity index is 2.19. The van der Waals surface area contributed by atoms with Gasteiger partial charge in [-0.2, -0.15) is 4.98 Å². The molecule has 0 fully saturated rings. The molecule has 0 aliphatic rings. The van der Waals surface area contributed by atoms with Gasteiger partial charge in [0, 0.05) is 11.9 Å². The van der Waals surface area contributed by atoms with Gasteiger partial charge in [-0.25, -0.2) is 18.5 Å². The third-order valence-electron chi connectivity index (χ3n) is 2.54. The lowest BCUT2D eigenvalue weighted by Gasteiger charge is -2.09. The molecular formula is C13H12IN5O2S. The van der Waals surface area contributed by atoms with Crippen molar-refractivity contribution in [1.29, 1.82) is 0 Å². The number of terminal acetylenes is 1. The highest BCUT2D eigenvalue weighted by molar-refractivity contribution is 14.1. The molecule has 2 rings (SSSR count). The fraction of sp³-hybridized carbons (Fsp3) is 0.0769. The molecule has 4 N–H and O–H groups in total. The van der Waals surface area contributed by atoms with Gasteiger partial charge in [-0.1, -0.05) is 5.92 Å². The van der Waals surface area contributed by atoms with E-state index in [1.165, 1.54) is 12.1 Å². The highest BCUT2D eigenvalue weighted by atomic mass is 127. The molecule has 1 aromatic carbocycles. The lowest BCUT2D eigenvalue weighted by Crippen LogP contribution is -2.12. The first kappa shape index (κ1) is 16.5. The van der Waals surface area contributed by atoms with Crippen molar-refractivity contribution >= 4 is 50.1 Å². The summed E-state index contributed by atoms with van der Waals surface area (Å²) in [5.41, 5.74) is 0.636. The Labute approximate surface area is 141 Å². The molecule has 0 saturated carbocycles. The molecule has 0 aliphatic heterocycles. The molecule has 114 valence electrons. The largest absolute Gasteiger partial charge is 0.358 e. The Morgan fingerprint density at radius 3 is 2.59 bits per heavy atom. The summed E-state index contributed by atoms with van der Waals surface area (Å²) in [4.78, 5) is 8.49. The molecule has 7 nitrogen and oxygen atoms in total. The standard InChI is InChI=1S/C13H12IN5O2S/c1-2-7-16-12-11(14)8-17-13(19-12)18-9-3-5-10(6-4-9)22(15,20)21/h1,3-6,8H,7H2,(H2,15,20,21)(H2,16,17,18,19). The number of nitrogens with zero attached hydrogens (tertiary/aromatic N) is 2. The SMILES string of the molecule is C#CCNc1nc(Nc2ccc(S(N)(=O)=O)cc2)ncc1I.